The molecule has 0 spiro atoms. The predicted molar refractivity (Wildman–Crippen MR) is 111 cm³/mol. The number of benzene rings is 2. The molecule has 19 heteroatoms. The molecule has 0 aliphatic carbocycles. The van der Waals surface area contributed by atoms with E-state index in [-0.39, 0.29) is 13.1 Å². The highest BCUT2D eigenvalue weighted by Gasteiger charge is 2.31. The molecule has 0 atom stereocenters. The molecule has 39 heavy (non-hydrogen) atoms. The van der Waals surface area contributed by atoms with Crippen molar-refractivity contribution in [2.75, 3.05) is 26.3 Å². The lowest BCUT2D eigenvalue weighted by atomic mass is 10.1. The number of rotatable bonds is 12. The molecule has 0 saturated carbocycles. The summed E-state index contributed by atoms with van der Waals surface area (Å²) in [6.07, 6.45) is 0. The first kappa shape index (κ1) is 32.8. The van der Waals surface area contributed by atoms with Gasteiger partial charge in [0.25, 0.3) is 0 Å². The largest absolute Gasteiger partial charge is 0.744 e. The van der Waals surface area contributed by atoms with Crippen LogP contribution in [0.5, 0.6) is 11.5 Å². The van der Waals surface area contributed by atoms with Crippen molar-refractivity contribution >= 4 is 22.2 Å². The molecule has 0 aliphatic heterocycles. The maximum absolute atomic E-state index is 14.2. The Labute approximate surface area is 220 Å². The molecule has 0 fully saturated rings. The van der Waals surface area contributed by atoms with Crippen molar-refractivity contribution in [2.24, 2.45) is 0 Å². The van der Waals surface area contributed by atoms with Gasteiger partial charge >= 0.3 is 0 Å². The van der Waals surface area contributed by atoms with Gasteiger partial charge in [-0.1, -0.05) is 0 Å². The molecule has 0 bridgehead atoms. The van der Waals surface area contributed by atoms with Crippen LogP contribution < -0.4 is 14.7 Å². The first-order valence-corrected chi connectivity index (χ1v) is 12.4. The molecule has 0 aliphatic rings. The van der Waals surface area contributed by atoms with Gasteiger partial charge in [0.2, 0.25) is 23.3 Å². The molecular weight excluding hydrogens is 598 g/mol. The van der Waals surface area contributed by atoms with Crippen LogP contribution in [-0.2, 0) is 19.5 Å². The van der Waals surface area contributed by atoms with Crippen molar-refractivity contribution in [2.45, 2.75) is 36.1 Å². The lowest BCUT2D eigenvalue weighted by Crippen LogP contribution is -2.45. The molecule has 0 N–H and O–H groups in total. The van der Waals surface area contributed by atoms with Crippen molar-refractivity contribution in [1.82, 2.24) is 4.90 Å². The minimum Gasteiger partial charge on any atom is -0.744 e. The van der Waals surface area contributed by atoms with Crippen LogP contribution in [0.2, 0.25) is 0 Å². The van der Waals surface area contributed by atoms with Crippen molar-refractivity contribution in [3.8, 4) is 11.5 Å². The van der Waals surface area contributed by atoms with Gasteiger partial charge in [0.05, 0.1) is 12.0 Å². The molecule has 0 amide bonds. The number of ether oxygens (including phenoxy) is 2. The molecule has 220 valence electrons. The van der Waals surface area contributed by atoms with Crippen LogP contribution in [0, 0.1) is 46.5 Å². The van der Waals surface area contributed by atoms with E-state index in [0.717, 1.165) is 0 Å². The Morgan fingerprint density at radius 2 is 1.13 bits per heavy atom. The quantitative estimate of drug-likeness (QED) is 0.0877. The van der Waals surface area contributed by atoms with Crippen LogP contribution >= 0.6 is 12.0 Å². The minimum absolute atomic E-state index is 0.264. The van der Waals surface area contributed by atoms with Crippen LogP contribution in [-0.4, -0.2) is 49.7 Å². The summed E-state index contributed by atoms with van der Waals surface area (Å²) in [5.74, 6) is -20.5. The first-order chi connectivity index (χ1) is 17.9. The fourth-order valence-corrected chi connectivity index (χ4v) is 4.11. The standard InChI is InChI=1S/C20H19F8NO8S2/c1-20(2,3)29(4-6-34-16-8(21)12(25)18(38-37-36-30)13(26)9(16)22)5-7-35-17-10(23)14(27)19(39(31,32)33)15(28)11(17)24/h30H,4-7H2,1-3H3,(H,31,32,33)/p-2. The zero-order valence-corrected chi connectivity index (χ0v) is 21.5. The van der Waals surface area contributed by atoms with Crippen molar-refractivity contribution in [3.05, 3.63) is 46.5 Å². The summed E-state index contributed by atoms with van der Waals surface area (Å²) in [4.78, 5) is -2.32. The summed E-state index contributed by atoms with van der Waals surface area (Å²) in [6.45, 7) is 2.88. The van der Waals surface area contributed by atoms with Crippen LogP contribution in [0.3, 0.4) is 0 Å². The van der Waals surface area contributed by atoms with Gasteiger partial charge in [0, 0.05) is 18.6 Å². The van der Waals surface area contributed by atoms with Gasteiger partial charge in [-0.2, -0.15) is 21.9 Å². The molecule has 9 nitrogen and oxygen atoms in total. The van der Waals surface area contributed by atoms with Crippen molar-refractivity contribution in [1.29, 1.82) is 0 Å². The van der Waals surface area contributed by atoms with E-state index in [9.17, 15) is 53.4 Å². The van der Waals surface area contributed by atoms with E-state index in [2.05, 4.69) is 9.37 Å². The Kier molecular flexibility index (Phi) is 10.8. The van der Waals surface area contributed by atoms with E-state index in [4.69, 9.17) is 9.47 Å². The monoisotopic (exact) mass is 615 g/mol. The molecule has 0 unspecified atom stereocenters. The van der Waals surface area contributed by atoms with Crippen molar-refractivity contribution in [3.63, 3.8) is 0 Å². The van der Waals surface area contributed by atoms with E-state index in [1.807, 2.05) is 0 Å². The second-order valence-corrected chi connectivity index (χ2v) is 10.4. The Bertz CT molecular complexity index is 1270. The molecule has 2 aromatic carbocycles. The maximum Gasteiger partial charge on any atom is 0.205 e. The van der Waals surface area contributed by atoms with Gasteiger partial charge in [0.15, 0.2) is 34.8 Å². The highest BCUT2D eigenvalue weighted by atomic mass is 32.2. The minimum atomic E-state index is -5.91. The third-order valence-corrected chi connectivity index (χ3v) is 6.43. The van der Waals surface area contributed by atoms with Crippen LogP contribution in [0.25, 0.3) is 0 Å². The molecule has 0 saturated heterocycles. The van der Waals surface area contributed by atoms with E-state index in [0.29, 0.717) is 0 Å². The Morgan fingerprint density at radius 3 is 1.46 bits per heavy atom. The molecule has 0 heterocycles. The predicted octanol–water partition coefficient (Wildman–Crippen LogP) is 3.49. The highest BCUT2D eigenvalue weighted by molar-refractivity contribution is 7.94. The third kappa shape index (κ3) is 7.41. The Balaban J connectivity index is 2.16. The first-order valence-electron chi connectivity index (χ1n) is 10.3. The zero-order valence-electron chi connectivity index (χ0n) is 19.9. The molecule has 2 aromatic rings. The number of halogens is 8. The smallest absolute Gasteiger partial charge is 0.205 e. The average Bonchev–Trinajstić information content (AvgIpc) is 2.83. The molecular formula is C20H17F8NO8S2-2. The van der Waals surface area contributed by atoms with Gasteiger partial charge in [-0.15, -0.1) is 0 Å². The number of nitrogens with zero attached hydrogens (tertiary/aromatic N) is 1. The van der Waals surface area contributed by atoms with Crippen LogP contribution in [0.4, 0.5) is 35.1 Å². The van der Waals surface area contributed by atoms with Gasteiger partial charge in [-0.05, 0) is 20.8 Å². The number of hydrogen-bond donors (Lipinski definition) is 0. The van der Waals surface area contributed by atoms with Gasteiger partial charge in [-0.3, -0.25) is 9.94 Å². The molecule has 0 aromatic heterocycles. The second kappa shape index (κ2) is 12.8. The van der Waals surface area contributed by atoms with Gasteiger partial charge < -0.3 is 19.3 Å². The fourth-order valence-electron chi connectivity index (χ4n) is 3.08. The maximum atomic E-state index is 14.2. The highest BCUT2D eigenvalue weighted by Crippen LogP contribution is 2.36. The van der Waals surface area contributed by atoms with E-state index >= 15 is 0 Å². The lowest BCUT2D eigenvalue weighted by Gasteiger charge is -2.35. The van der Waals surface area contributed by atoms with E-state index < -0.39 is 109 Å². The summed E-state index contributed by atoms with van der Waals surface area (Å²) < 4.78 is 158. The van der Waals surface area contributed by atoms with Crippen molar-refractivity contribution < 1.29 is 72.2 Å². The Morgan fingerprint density at radius 1 is 0.744 bits per heavy atom. The second-order valence-electron chi connectivity index (χ2n) is 8.36. The summed E-state index contributed by atoms with van der Waals surface area (Å²) in [5, 5.41) is 12.7. The van der Waals surface area contributed by atoms with E-state index in [1.165, 1.54) is 4.90 Å². The third-order valence-electron chi connectivity index (χ3n) is 4.92. The topological polar surface area (TPSA) is 120 Å². The lowest BCUT2D eigenvalue weighted by molar-refractivity contribution is -0.777. The molecule has 0 radical (unpaired) electrons. The summed E-state index contributed by atoms with van der Waals surface area (Å²) >= 11 is -0.432. The Hall–Kier alpha value is -2.42. The molecule has 2 rings (SSSR count). The number of hydrogen-bond acceptors (Lipinski definition) is 10. The van der Waals surface area contributed by atoms with Gasteiger partial charge in [0.1, 0.15) is 33.1 Å². The van der Waals surface area contributed by atoms with Crippen LogP contribution in [0.1, 0.15) is 20.8 Å². The summed E-state index contributed by atoms with van der Waals surface area (Å²) in [6, 6.07) is 0. The normalized spacial score (nSPS) is 12.4. The fraction of sp³-hybridized carbons (Fsp3) is 0.400. The summed E-state index contributed by atoms with van der Waals surface area (Å²) in [5.41, 5.74) is -0.829. The zero-order chi connectivity index (χ0) is 29.9. The van der Waals surface area contributed by atoms with Crippen LogP contribution in [0.15, 0.2) is 9.79 Å². The SMILES string of the molecule is CC(C)(C)N(CCOc1c(F)c(F)c(SOO[O-])c(F)c1F)CCOc1c(F)c(F)c(S(=O)(=O)[O-])c(F)c1F. The van der Waals surface area contributed by atoms with E-state index in [1.54, 1.807) is 20.8 Å². The summed E-state index contributed by atoms with van der Waals surface area (Å²) in [7, 11) is -5.91. The average molecular weight is 615 g/mol. The van der Waals surface area contributed by atoms with Gasteiger partial charge in [-0.25, -0.2) is 26.0 Å².